The monoisotopic (exact) mass is 430 g/mol. The van der Waals surface area contributed by atoms with Crippen LogP contribution in [0.2, 0.25) is 0 Å². The molecule has 3 rings (SSSR count). The van der Waals surface area contributed by atoms with E-state index in [0.717, 1.165) is 26.2 Å². The summed E-state index contributed by atoms with van der Waals surface area (Å²) in [7, 11) is 0. The van der Waals surface area contributed by atoms with E-state index in [1.807, 2.05) is 23.6 Å². The van der Waals surface area contributed by atoms with Crippen molar-refractivity contribution in [2.24, 2.45) is 0 Å². The number of hydrogen-bond acceptors (Lipinski definition) is 1. The first kappa shape index (κ1) is 15.1. The molecule has 0 fully saturated rings. The zero-order valence-electron chi connectivity index (χ0n) is 11.0. The van der Waals surface area contributed by atoms with Crippen LogP contribution in [0.1, 0.15) is 21.5 Å². The summed E-state index contributed by atoms with van der Waals surface area (Å²) in [6.45, 7) is 1.64. The Balaban J connectivity index is 2.15. The molecule has 0 aliphatic rings. The van der Waals surface area contributed by atoms with Gasteiger partial charge in [0, 0.05) is 20.8 Å². The van der Waals surface area contributed by atoms with Crippen LogP contribution in [0.5, 0.6) is 0 Å². The Morgan fingerprint density at radius 2 is 1.86 bits per heavy atom. The van der Waals surface area contributed by atoms with Gasteiger partial charge < -0.3 is 0 Å². The minimum Gasteiger partial charge on any atom is -0.207 e. The maximum atomic E-state index is 14.1. The van der Waals surface area contributed by atoms with Crippen LogP contribution in [0.3, 0.4) is 0 Å². The number of benzene rings is 2. The van der Waals surface area contributed by atoms with Crippen molar-refractivity contribution in [2.45, 2.75) is 11.8 Å². The summed E-state index contributed by atoms with van der Waals surface area (Å²) in [4.78, 5) is -0.306. The van der Waals surface area contributed by atoms with Crippen molar-refractivity contribution in [3.8, 4) is 0 Å². The predicted octanol–water partition coefficient (Wildman–Crippen LogP) is 6.73. The van der Waals surface area contributed by atoms with Crippen LogP contribution in [0.25, 0.3) is 10.1 Å². The third-order valence-corrected chi connectivity index (χ3v) is 6.36. The van der Waals surface area contributed by atoms with Gasteiger partial charge in [0.25, 0.3) is 0 Å². The van der Waals surface area contributed by atoms with Crippen LogP contribution >= 0.6 is 43.2 Å². The third kappa shape index (κ3) is 2.67. The van der Waals surface area contributed by atoms with Gasteiger partial charge in [-0.3, -0.25) is 0 Å². The van der Waals surface area contributed by atoms with Crippen LogP contribution in [0.4, 0.5) is 8.78 Å². The fourth-order valence-electron chi connectivity index (χ4n) is 2.28. The molecule has 1 unspecified atom stereocenters. The molecule has 21 heavy (non-hydrogen) atoms. The lowest BCUT2D eigenvalue weighted by molar-refractivity contribution is 0.569. The van der Waals surface area contributed by atoms with E-state index in [-0.39, 0.29) is 4.83 Å². The second-order valence-corrected chi connectivity index (χ2v) is 7.44. The van der Waals surface area contributed by atoms with Crippen molar-refractivity contribution in [2.75, 3.05) is 0 Å². The van der Waals surface area contributed by atoms with Gasteiger partial charge in [-0.25, -0.2) is 8.78 Å². The molecule has 3 aromatic rings. The summed E-state index contributed by atoms with van der Waals surface area (Å²) in [6, 6.07) is 8.45. The smallest absolute Gasteiger partial charge is 0.130 e. The topological polar surface area (TPSA) is 0 Å². The van der Waals surface area contributed by atoms with Gasteiger partial charge in [-0.05, 0) is 56.9 Å². The van der Waals surface area contributed by atoms with Gasteiger partial charge in [0.15, 0.2) is 0 Å². The highest BCUT2D eigenvalue weighted by atomic mass is 79.9. The Kier molecular flexibility index (Phi) is 4.17. The van der Waals surface area contributed by atoms with Gasteiger partial charge in [0.1, 0.15) is 11.6 Å². The number of rotatable bonds is 2. The van der Waals surface area contributed by atoms with Gasteiger partial charge in [0.05, 0.1) is 4.83 Å². The lowest BCUT2D eigenvalue weighted by atomic mass is 10.0. The molecule has 1 atom stereocenters. The second kappa shape index (κ2) is 5.78. The maximum absolute atomic E-state index is 14.1. The zero-order chi connectivity index (χ0) is 15.1. The van der Waals surface area contributed by atoms with E-state index in [0.29, 0.717) is 11.1 Å². The fraction of sp³-hybridized carbons (Fsp3) is 0.125. The maximum Gasteiger partial charge on any atom is 0.130 e. The summed E-state index contributed by atoms with van der Waals surface area (Å²) in [6.07, 6.45) is 0. The highest BCUT2D eigenvalue weighted by molar-refractivity contribution is 9.10. The second-order valence-electron chi connectivity index (χ2n) is 4.79. The molecule has 0 saturated heterocycles. The lowest BCUT2D eigenvalue weighted by Gasteiger charge is -2.12. The minimum atomic E-state index is -0.533. The van der Waals surface area contributed by atoms with Gasteiger partial charge in [-0.2, -0.15) is 0 Å². The molecule has 2 aromatic carbocycles. The molecule has 1 aromatic heterocycles. The number of alkyl halides is 1. The number of halogens is 4. The van der Waals surface area contributed by atoms with E-state index in [1.54, 1.807) is 24.3 Å². The van der Waals surface area contributed by atoms with E-state index in [9.17, 15) is 8.78 Å². The summed E-state index contributed by atoms with van der Waals surface area (Å²) in [5.74, 6) is -1.05. The minimum absolute atomic E-state index is 0.306. The molecule has 0 bridgehead atoms. The van der Waals surface area contributed by atoms with Crippen molar-refractivity contribution in [3.63, 3.8) is 0 Å². The summed E-state index contributed by atoms with van der Waals surface area (Å²) in [5, 5.41) is 3.07. The van der Waals surface area contributed by atoms with E-state index in [4.69, 9.17) is 0 Å². The highest BCUT2D eigenvalue weighted by Gasteiger charge is 2.20. The molecule has 0 spiro atoms. The molecule has 0 N–H and O–H groups in total. The normalized spacial score (nSPS) is 12.8. The third-order valence-electron chi connectivity index (χ3n) is 3.41. The Labute approximate surface area is 142 Å². The van der Waals surface area contributed by atoms with Crippen molar-refractivity contribution >= 4 is 53.3 Å². The number of aryl methyl sites for hydroxylation is 1. The Morgan fingerprint density at radius 1 is 1.10 bits per heavy atom. The average molecular weight is 432 g/mol. The molecule has 0 aliphatic heterocycles. The SMILES string of the molecule is Cc1cc(C(Br)c2csc3c(Br)cccc23)c(F)cc1F. The summed E-state index contributed by atoms with van der Waals surface area (Å²) >= 11 is 8.68. The van der Waals surface area contributed by atoms with Gasteiger partial charge in [-0.15, -0.1) is 11.3 Å². The van der Waals surface area contributed by atoms with Crippen molar-refractivity contribution in [3.05, 3.63) is 68.5 Å². The molecule has 0 radical (unpaired) electrons. The molecular formula is C16H10Br2F2S. The van der Waals surface area contributed by atoms with Crippen LogP contribution in [0.15, 0.2) is 40.2 Å². The Hall–Kier alpha value is -0.780. The van der Waals surface area contributed by atoms with E-state index in [2.05, 4.69) is 31.9 Å². The van der Waals surface area contributed by atoms with Crippen LogP contribution in [0, 0.1) is 18.6 Å². The molecule has 1 heterocycles. The highest BCUT2D eigenvalue weighted by Crippen LogP contribution is 2.41. The standard InChI is InChI=1S/C16H10Br2F2S/c1-8-5-10(14(20)6-13(8)19)15(18)11-7-21-16-9(11)3-2-4-12(16)17/h2-7,15H,1H3. The molecular weight excluding hydrogens is 422 g/mol. The van der Waals surface area contributed by atoms with Gasteiger partial charge in [-0.1, -0.05) is 28.1 Å². The number of fused-ring (bicyclic) bond motifs is 1. The zero-order valence-corrected chi connectivity index (χ0v) is 15.0. The van der Waals surface area contributed by atoms with E-state index < -0.39 is 11.6 Å². The van der Waals surface area contributed by atoms with Crippen LogP contribution < -0.4 is 0 Å². The first-order valence-electron chi connectivity index (χ1n) is 6.24. The van der Waals surface area contributed by atoms with Crippen molar-refractivity contribution in [1.29, 1.82) is 0 Å². The van der Waals surface area contributed by atoms with Crippen molar-refractivity contribution in [1.82, 2.24) is 0 Å². The number of hydrogen-bond donors (Lipinski definition) is 0. The van der Waals surface area contributed by atoms with E-state index >= 15 is 0 Å². The summed E-state index contributed by atoms with van der Waals surface area (Å²) in [5.41, 5.74) is 1.88. The molecule has 5 heteroatoms. The molecule has 0 aliphatic carbocycles. The van der Waals surface area contributed by atoms with Gasteiger partial charge in [0.2, 0.25) is 0 Å². The fourth-order valence-corrected chi connectivity index (χ4v) is 4.83. The van der Waals surface area contributed by atoms with Crippen molar-refractivity contribution < 1.29 is 8.78 Å². The molecule has 0 amide bonds. The van der Waals surface area contributed by atoms with Gasteiger partial charge >= 0.3 is 0 Å². The van der Waals surface area contributed by atoms with Crippen LogP contribution in [-0.2, 0) is 0 Å². The van der Waals surface area contributed by atoms with Crippen LogP contribution in [-0.4, -0.2) is 0 Å². The van der Waals surface area contributed by atoms with E-state index in [1.165, 1.54) is 0 Å². The largest absolute Gasteiger partial charge is 0.207 e. The Morgan fingerprint density at radius 3 is 2.62 bits per heavy atom. The first-order chi connectivity index (χ1) is 9.99. The average Bonchev–Trinajstić information content (AvgIpc) is 2.87. The molecule has 108 valence electrons. The quantitative estimate of drug-likeness (QED) is 0.394. The first-order valence-corrected chi connectivity index (χ1v) is 8.83. The Bertz CT molecular complexity index is 827. The number of thiophene rings is 1. The predicted molar refractivity (Wildman–Crippen MR) is 91.4 cm³/mol. The lowest BCUT2D eigenvalue weighted by Crippen LogP contribution is -1.98. The molecule has 0 nitrogen and oxygen atoms in total. The summed E-state index contributed by atoms with van der Waals surface area (Å²) < 4.78 is 29.6. The molecule has 0 saturated carbocycles.